The van der Waals surface area contributed by atoms with Crippen molar-refractivity contribution in [1.29, 1.82) is 0 Å². The Labute approximate surface area is 256 Å². The molecular weight excluding hydrogens is 566 g/mol. The van der Waals surface area contributed by atoms with Crippen LogP contribution in [0, 0.1) is 19.8 Å². The first-order chi connectivity index (χ1) is 20.2. The zero-order valence-corrected chi connectivity index (χ0v) is 25.5. The molecule has 9 heteroatoms. The van der Waals surface area contributed by atoms with E-state index in [-0.39, 0.29) is 17.6 Å². The van der Waals surface area contributed by atoms with Crippen LogP contribution in [-0.2, 0) is 0 Å². The predicted molar refractivity (Wildman–Crippen MR) is 172 cm³/mol. The Morgan fingerprint density at radius 3 is 2.50 bits per heavy atom. The minimum absolute atomic E-state index is 0.208. The normalized spacial score (nSPS) is 19.3. The fraction of sp³-hybridized carbons (Fsp3) is 0.303. The molecule has 42 heavy (non-hydrogen) atoms. The highest BCUT2D eigenvalue weighted by Crippen LogP contribution is 2.45. The first kappa shape index (κ1) is 28.2. The Morgan fingerprint density at radius 1 is 1.02 bits per heavy atom. The Kier molecular flexibility index (Phi) is 7.68. The summed E-state index contributed by atoms with van der Waals surface area (Å²) in [5.41, 5.74) is 6.96. The number of piperidine rings is 1. The molecule has 2 aliphatic heterocycles. The van der Waals surface area contributed by atoms with Gasteiger partial charge < -0.3 is 24.8 Å². The van der Waals surface area contributed by atoms with Crippen molar-refractivity contribution in [3.05, 3.63) is 106 Å². The summed E-state index contributed by atoms with van der Waals surface area (Å²) in [5, 5.41) is 14.5. The molecule has 4 aromatic rings. The number of aromatic nitrogens is 2. The van der Waals surface area contributed by atoms with Crippen LogP contribution >= 0.6 is 23.8 Å². The average molecular weight is 600 g/mol. The molecule has 7 nitrogen and oxygen atoms in total. The number of anilines is 2. The highest BCUT2D eigenvalue weighted by atomic mass is 35.5. The predicted octanol–water partition coefficient (Wildman–Crippen LogP) is 7.25. The molecule has 2 N–H and O–H groups in total. The number of nitrogens with zero attached hydrogens (tertiary/aromatic N) is 4. The number of benzene rings is 2. The van der Waals surface area contributed by atoms with Gasteiger partial charge in [0.1, 0.15) is 0 Å². The minimum Gasteiger partial charge on any atom is -0.478 e. The van der Waals surface area contributed by atoms with Gasteiger partial charge in [-0.2, -0.15) is 0 Å². The van der Waals surface area contributed by atoms with E-state index in [0.29, 0.717) is 10.1 Å². The van der Waals surface area contributed by atoms with Crippen molar-refractivity contribution < 1.29 is 9.90 Å². The first-order valence-electron chi connectivity index (χ1n) is 14.3. The van der Waals surface area contributed by atoms with Gasteiger partial charge in [0.05, 0.1) is 34.1 Å². The SMILES string of the molecule is Cc1cc([C@@H]2[C@H](c3ccccn3)NC(=S)N2c2ccc(N3CCC(C)CC3)c(Cl)c2)c(C)n1-c1cccc(C(=O)O)c1. The second kappa shape index (κ2) is 11.4. The first-order valence-corrected chi connectivity index (χ1v) is 15.1. The molecule has 0 radical (unpaired) electrons. The Hall–Kier alpha value is -3.88. The number of nitrogens with one attached hydrogen (secondary N) is 1. The van der Waals surface area contributed by atoms with Crippen molar-refractivity contribution in [3.8, 4) is 5.69 Å². The monoisotopic (exact) mass is 599 g/mol. The number of carboxylic acid groups (broad SMARTS) is 1. The summed E-state index contributed by atoms with van der Waals surface area (Å²) in [6, 6.07) is 20.9. The van der Waals surface area contributed by atoms with E-state index in [0.717, 1.165) is 71.6 Å². The van der Waals surface area contributed by atoms with Crippen molar-refractivity contribution in [2.24, 2.45) is 5.92 Å². The summed E-state index contributed by atoms with van der Waals surface area (Å²) < 4.78 is 2.10. The second-order valence-electron chi connectivity index (χ2n) is 11.3. The fourth-order valence-electron chi connectivity index (χ4n) is 6.36. The van der Waals surface area contributed by atoms with Crippen LogP contribution in [0.1, 0.15) is 64.9 Å². The zero-order valence-electron chi connectivity index (χ0n) is 23.9. The molecule has 0 saturated carbocycles. The second-order valence-corrected chi connectivity index (χ2v) is 12.1. The number of thiocarbonyl (C=S) groups is 1. The van der Waals surface area contributed by atoms with Gasteiger partial charge >= 0.3 is 5.97 Å². The Bertz CT molecular complexity index is 1650. The van der Waals surface area contributed by atoms with E-state index >= 15 is 0 Å². The number of halogens is 1. The van der Waals surface area contributed by atoms with Crippen molar-refractivity contribution >= 4 is 46.3 Å². The standard InChI is InChI=1S/C33H34ClN5O2S/c1-20-12-15-37(16-13-20)29-11-10-25(19-27(29)34)39-31(30(36-33(39)42)28-9-4-5-14-35-28)26-17-21(2)38(22(26)3)24-8-6-7-23(18-24)32(40)41/h4-11,14,17-20,30-31H,12-13,15-16H2,1-3H3,(H,36,42)(H,40,41)/t30-,31+/m0/s1. The van der Waals surface area contributed by atoms with Gasteiger partial charge in [-0.3, -0.25) is 4.98 Å². The van der Waals surface area contributed by atoms with Crippen LogP contribution in [0.25, 0.3) is 5.69 Å². The molecule has 0 bridgehead atoms. The van der Waals surface area contributed by atoms with E-state index in [1.54, 1.807) is 24.4 Å². The van der Waals surface area contributed by atoms with E-state index in [1.165, 1.54) is 0 Å². The number of aromatic carboxylic acids is 1. The van der Waals surface area contributed by atoms with Crippen LogP contribution in [0.5, 0.6) is 0 Å². The average Bonchev–Trinajstić information content (AvgIpc) is 3.48. The maximum absolute atomic E-state index is 11.7. The Balaban J connectivity index is 1.44. The van der Waals surface area contributed by atoms with Crippen LogP contribution in [0.15, 0.2) is 72.9 Å². The summed E-state index contributed by atoms with van der Waals surface area (Å²) in [4.78, 5) is 20.9. The molecule has 2 atom stereocenters. The van der Waals surface area contributed by atoms with Gasteiger partial charge in [-0.15, -0.1) is 0 Å². The molecule has 0 unspecified atom stereocenters. The largest absolute Gasteiger partial charge is 0.478 e. The molecule has 0 aliphatic carbocycles. The van der Waals surface area contributed by atoms with Gasteiger partial charge in [0, 0.05) is 42.0 Å². The molecule has 2 fully saturated rings. The van der Waals surface area contributed by atoms with Crippen LogP contribution in [0.2, 0.25) is 5.02 Å². The summed E-state index contributed by atoms with van der Waals surface area (Å²) in [6.45, 7) is 8.42. The lowest BCUT2D eigenvalue weighted by atomic mass is 9.96. The third-order valence-corrected chi connectivity index (χ3v) is 9.19. The van der Waals surface area contributed by atoms with Gasteiger partial charge in [0.2, 0.25) is 0 Å². The van der Waals surface area contributed by atoms with Crippen molar-refractivity contribution in [2.75, 3.05) is 22.9 Å². The van der Waals surface area contributed by atoms with Crippen LogP contribution in [0.4, 0.5) is 11.4 Å². The zero-order chi connectivity index (χ0) is 29.5. The molecule has 2 aromatic heterocycles. The number of hydrogen-bond acceptors (Lipinski definition) is 4. The molecule has 2 saturated heterocycles. The molecular formula is C33H34ClN5O2S. The molecule has 216 valence electrons. The molecule has 0 amide bonds. The molecule has 4 heterocycles. The highest BCUT2D eigenvalue weighted by molar-refractivity contribution is 7.80. The van der Waals surface area contributed by atoms with E-state index in [1.807, 2.05) is 37.3 Å². The van der Waals surface area contributed by atoms with Gasteiger partial charge in [0.25, 0.3) is 0 Å². The van der Waals surface area contributed by atoms with Gasteiger partial charge in [0.15, 0.2) is 5.11 Å². The van der Waals surface area contributed by atoms with E-state index in [4.69, 9.17) is 28.8 Å². The maximum atomic E-state index is 11.7. The lowest BCUT2D eigenvalue weighted by molar-refractivity contribution is 0.0697. The quantitative estimate of drug-likeness (QED) is 0.226. The maximum Gasteiger partial charge on any atom is 0.335 e. The number of carboxylic acids is 1. The lowest BCUT2D eigenvalue weighted by Crippen LogP contribution is -2.33. The number of hydrogen-bond donors (Lipinski definition) is 2. The molecule has 2 aliphatic rings. The van der Waals surface area contributed by atoms with Gasteiger partial charge in [-0.25, -0.2) is 4.79 Å². The summed E-state index contributed by atoms with van der Waals surface area (Å²) in [7, 11) is 0. The van der Waals surface area contributed by atoms with Gasteiger partial charge in [-0.1, -0.05) is 30.7 Å². The number of carbonyl (C=O) groups is 1. The summed E-state index contributed by atoms with van der Waals surface area (Å²) >= 11 is 12.9. The van der Waals surface area contributed by atoms with E-state index in [2.05, 4.69) is 51.7 Å². The molecule has 6 rings (SSSR count). The number of pyridine rings is 1. The van der Waals surface area contributed by atoms with Crippen molar-refractivity contribution in [3.63, 3.8) is 0 Å². The molecule has 0 spiro atoms. The van der Waals surface area contributed by atoms with Crippen molar-refractivity contribution in [2.45, 2.75) is 45.7 Å². The van der Waals surface area contributed by atoms with Crippen LogP contribution in [-0.4, -0.2) is 38.8 Å². The third kappa shape index (κ3) is 5.14. The Morgan fingerprint density at radius 2 is 1.81 bits per heavy atom. The van der Waals surface area contributed by atoms with Gasteiger partial charge in [-0.05, 0) is 105 Å². The smallest absolute Gasteiger partial charge is 0.335 e. The minimum atomic E-state index is -0.953. The molecule has 2 aromatic carbocycles. The summed E-state index contributed by atoms with van der Waals surface area (Å²) in [5.74, 6) is -0.215. The van der Waals surface area contributed by atoms with E-state index in [9.17, 15) is 9.90 Å². The van der Waals surface area contributed by atoms with Crippen LogP contribution in [0.3, 0.4) is 0 Å². The highest BCUT2D eigenvalue weighted by Gasteiger charge is 2.42. The third-order valence-electron chi connectivity index (χ3n) is 8.57. The summed E-state index contributed by atoms with van der Waals surface area (Å²) in [6.07, 6.45) is 4.12. The number of aryl methyl sites for hydroxylation is 1. The topological polar surface area (TPSA) is 73.6 Å². The van der Waals surface area contributed by atoms with Crippen LogP contribution < -0.4 is 15.1 Å². The lowest BCUT2D eigenvalue weighted by Gasteiger charge is -2.33. The fourth-order valence-corrected chi connectivity index (χ4v) is 7.00. The van der Waals surface area contributed by atoms with E-state index < -0.39 is 5.97 Å². The number of rotatable bonds is 6. The van der Waals surface area contributed by atoms with Crippen molar-refractivity contribution in [1.82, 2.24) is 14.9 Å².